The van der Waals surface area contributed by atoms with Crippen molar-refractivity contribution in [2.75, 3.05) is 20.1 Å². The molecule has 1 unspecified atom stereocenters. The fourth-order valence-electron chi connectivity index (χ4n) is 1.17. The van der Waals surface area contributed by atoms with E-state index in [1.165, 1.54) is 0 Å². The molecule has 1 atom stereocenters. The van der Waals surface area contributed by atoms with Gasteiger partial charge in [-0.1, -0.05) is 6.92 Å². The van der Waals surface area contributed by atoms with E-state index in [1.807, 2.05) is 12.4 Å². The average Bonchev–Trinajstić information content (AvgIpc) is 2.02. The van der Waals surface area contributed by atoms with Crippen LogP contribution in [0.3, 0.4) is 0 Å². The van der Waals surface area contributed by atoms with Crippen molar-refractivity contribution in [3.8, 4) is 0 Å². The highest BCUT2D eigenvalue weighted by Gasteiger charge is 2.03. The van der Waals surface area contributed by atoms with Gasteiger partial charge in [-0.15, -0.1) is 0 Å². The quantitative estimate of drug-likeness (QED) is 0.510. The summed E-state index contributed by atoms with van der Waals surface area (Å²) in [7, 11) is 2.13. The van der Waals surface area contributed by atoms with Crippen LogP contribution in [0.15, 0.2) is 10.2 Å². The van der Waals surface area contributed by atoms with Gasteiger partial charge < -0.3 is 4.90 Å². The first-order chi connectivity index (χ1) is 5.29. The minimum atomic E-state index is 0.509. The fraction of sp³-hybridized carbons (Fsp3) is 0.750. The second-order valence-corrected chi connectivity index (χ2v) is 3.09. The maximum atomic E-state index is 3.92. The standard InChI is InChI=1S/C8H15N3/c1-8-6-10-9-4-3-5-11(2)7-8/h4,6,8H,3,5,7H2,1-2H3/b9-4-,10-6?. The highest BCUT2D eigenvalue weighted by Crippen LogP contribution is 1.97. The number of hydrogen-bond donors (Lipinski definition) is 0. The maximum absolute atomic E-state index is 3.92. The lowest BCUT2D eigenvalue weighted by atomic mass is 10.2. The molecule has 0 amide bonds. The summed E-state index contributed by atoms with van der Waals surface area (Å²) in [5.74, 6) is 0.509. The van der Waals surface area contributed by atoms with Crippen molar-refractivity contribution >= 4 is 12.4 Å². The van der Waals surface area contributed by atoms with Crippen LogP contribution in [0, 0.1) is 5.92 Å². The van der Waals surface area contributed by atoms with E-state index in [-0.39, 0.29) is 0 Å². The first kappa shape index (κ1) is 8.40. The second-order valence-electron chi connectivity index (χ2n) is 3.09. The highest BCUT2D eigenvalue weighted by molar-refractivity contribution is 5.63. The number of nitrogens with zero attached hydrogens (tertiary/aromatic N) is 3. The molecule has 1 heterocycles. The van der Waals surface area contributed by atoms with Crippen molar-refractivity contribution < 1.29 is 0 Å². The third-order valence-electron chi connectivity index (χ3n) is 1.71. The van der Waals surface area contributed by atoms with E-state index in [2.05, 4.69) is 29.1 Å². The Kier molecular flexibility index (Phi) is 3.23. The normalized spacial score (nSPS) is 30.5. The Hall–Kier alpha value is -0.700. The maximum Gasteiger partial charge on any atom is 0.0311 e. The average molecular weight is 153 g/mol. The summed E-state index contributed by atoms with van der Waals surface area (Å²) in [4.78, 5) is 2.30. The summed E-state index contributed by atoms with van der Waals surface area (Å²) >= 11 is 0. The van der Waals surface area contributed by atoms with E-state index in [4.69, 9.17) is 0 Å². The van der Waals surface area contributed by atoms with Gasteiger partial charge in [-0.25, -0.2) is 0 Å². The molecule has 0 aromatic carbocycles. The first-order valence-corrected chi connectivity index (χ1v) is 4.02. The van der Waals surface area contributed by atoms with Gasteiger partial charge in [0.15, 0.2) is 0 Å². The van der Waals surface area contributed by atoms with Gasteiger partial charge >= 0.3 is 0 Å². The topological polar surface area (TPSA) is 28.0 Å². The zero-order valence-electron chi connectivity index (χ0n) is 7.20. The van der Waals surface area contributed by atoms with E-state index < -0.39 is 0 Å². The molecule has 0 saturated heterocycles. The molecule has 1 aliphatic heterocycles. The molecular weight excluding hydrogens is 138 g/mol. The van der Waals surface area contributed by atoms with Gasteiger partial charge in [-0.05, 0) is 13.5 Å². The lowest BCUT2D eigenvalue weighted by molar-refractivity contribution is 0.327. The summed E-state index contributed by atoms with van der Waals surface area (Å²) in [6.07, 6.45) is 4.77. The molecule has 0 aromatic heterocycles. The van der Waals surface area contributed by atoms with Gasteiger partial charge in [0.05, 0.1) is 0 Å². The summed E-state index contributed by atoms with van der Waals surface area (Å²) in [6.45, 7) is 4.31. The zero-order valence-corrected chi connectivity index (χ0v) is 7.20. The number of rotatable bonds is 0. The van der Waals surface area contributed by atoms with Gasteiger partial charge in [0.2, 0.25) is 0 Å². The van der Waals surface area contributed by atoms with Crippen molar-refractivity contribution in [2.45, 2.75) is 13.3 Å². The Balaban J connectivity index is 2.49. The molecule has 0 bridgehead atoms. The van der Waals surface area contributed by atoms with Crippen LogP contribution in [0.2, 0.25) is 0 Å². The Labute approximate surface area is 67.8 Å². The van der Waals surface area contributed by atoms with Crippen molar-refractivity contribution in [3.05, 3.63) is 0 Å². The van der Waals surface area contributed by atoms with Gasteiger partial charge in [-0.2, -0.15) is 10.2 Å². The second kappa shape index (κ2) is 4.23. The van der Waals surface area contributed by atoms with Crippen molar-refractivity contribution in [2.24, 2.45) is 16.1 Å². The van der Waals surface area contributed by atoms with Crippen LogP contribution in [0.4, 0.5) is 0 Å². The van der Waals surface area contributed by atoms with Crippen LogP contribution >= 0.6 is 0 Å². The minimum absolute atomic E-state index is 0.509. The van der Waals surface area contributed by atoms with E-state index in [0.717, 1.165) is 19.5 Å². The molecule has 0 fully saturated rings. The lowest BCUT2D eigenvalue weighted by Crippen LogP contribution is -2.25. The molecule has 0 spiro atoms. The van der Waals surface area contributed by atoms with E-state index in [0.29, 0.717) is 5.92 Å². The SMILES string of the molecule is CC1C=N/N=C\CCN(C)C1. The molecule has 1 aliphatic rings. The Bertz CT molecular complexity index is 163. The molecular formula is C8H15N3. The number of hydrogen-bond acceptors (Lipinski definition) is 3. The molecule has 0 saturated carbocycles. The summed E-state index contributed by atoms with van der Waals surface area (Å²) in [6, 6.07) is 0. The van der Waals surface area contributed by atoms with Crippen molar-refractivity contribution in [1.29, 1.82) is 0 Å². The molecule has 11 heavy (non-hydrogen) atoms. The fourth-order valence-corrected chi connectivity index (χ4v) is 1.17. The molecule has 3 heteroatoms. The van der Waals surface area contributed by atoms with E-state index in [9.17, 15) is 0 Å². The zero-order chi connectivity index (χ0) is 8.10. The molecule has 0 aromatic rings. The first-order valence-electron chi connectivity index (χ1n) is 4.02. The third-order valence-corrected chi connectivity index (χ3v) is 1.71. The van der Waals surface area contributed by atoms with Gasteiger partial charge in [0.25, 0.3) is 0 Å². The lowest BCUT2D eigenvalue weighted by Gasteiger charge is -2.16. The van der Waals surface area contributed by atoms with E-state index >= 15 is 0 Å². The van der Waals surface area contributed by atoms with Crippen LogP contribution in [0.5, 0.6) is 0 Å². The van der Waals surface area contributed by atoms with E-state index in [1.54, 1.807) is 0 Å². The van der Waals surface area contributed by atoms with Gasteiger partial charge in [0, 0.05) is 31.4 Å². The summed E-state index contributed by atoms with van der Waals surface area (Å²) < 4.78 is 0. The third kappa shape index (κ3) is 3.28. The molecule has 1 rings (SSSR count). The van der Waals surface area contributed by atoms with Crippen LogP contribution in [0.1, 0.15) is 13.3 Å². The van der Waals surface area contributed by atoms with Crippen molar-refractivity contribution in [1.82, 2.24) is 4.90 Å². The smallest absolute Gasteiger partial charge is 0.0311 e. The van der Waals surface area contributed by atoms with Crippen LogP contribution in [-0.2, 0) is 0 Å². The monoisotopic (exact) mass is 153 g/mol. The summed E-state index contributed by atoms with van der Waals surface area (Å²) in [5, 5.41) is 7.82. The van der Waals surface area contributed by atoms with Gasteiger partial charge in [-0.3, -0.25) is 0 Å². The largest absolute Gasteiger partial charge is 0.305 e. The Morgan fingerprint density at radius 1 is 1.45 bits per heavy atom. The highest BCUT2D eigenvalue weighted by atomic mass is 15.2. The summed E-state index contributed by atoms with van der Waals surface area (Å²) in [5.41, 5.74) is 0. The van der Waals surface area contributed by atoms with Crippen LogP contribution < -0.4 is 0 Å². The predicted octanol–water partition coefficient (Wildman–Crippen LogP) is 1.01. The molecule has 3 nitrogen and oxygen atoms in total. The van der Waals surface area contributed by atoms with Gasteiger partial charge in [0.1, 0.15) is 0 Å². The molecule has 0 aliphatic carbocycles. The Morgan fingerprint density at radius 3 is 3.09 bits per heavy atom. The van der Waals surface area contributed by atoms with Crippen molar-refractivity contribution in [3.63, 3.8) is 0 Å². The minimum Gasteiger partial charge on any atom is -0.305 e. The molecule has 0 N–H and O–H groups in total. The van der Waals surface area contributed by atoms with Crippen LogP contribution in [0.25, 0.3) is 0 Å². The Morgan fingerprint density at radius 2 is 2.27 bits per heavy atom. The predicted molar refractivity (Wildman–Crippen MR) is 48.3 cm³/mol. The molecule has 62 valence electrons. The molecule has 0 radical (unpaired) electrons. The van der Waals surface area contributed by atoms with Crippen LogP contribution in [-0.4, -0.2) is 37.5 Å².